The summed E-state index contributed by atoms with van der Waals surface area (Å²) in [5.41, 5.74) is 4.33. The molecule has 0 aromatic carbocycles. The molecule has 5 heteroatoms. The van der Waals surface area contributed by atoms with Crippen LogP contribution in [-0.2, 0) is 4.79 Å². The molecule has 3 N–H and O–H groups in total. The lowest BCUT2D eigenvalue weighted by atomic mass is 10.2. The van der Waals surface area contributed by atoms with Crippen LogP contribution in [0.2, 0.25) is 0 Å². The zero-order valence-corrected chi connectivity index (χ0v) is 6.86. The molecule has 0 saturated heterocycles. The molecule has 1 rings (SSSR count). The number of alkyl halides is 2. The zero-order valence-electron chi connectivity index (χ0n) is 6.86. The Kier molecular flexibility index (Phi) is 2.07. The predicted octanol–water partition coefficient (Wildman–Crippen LogP) is 0.249. The highest BCUT2D eigenvalue weighted by Crippen LogP contribution is 2.35. The summed E-state index contributed by atoms with van der Waals surface area (Å²) < 4.78 is 25.1. The lowest BCUT2D eigenvalue weighted by molar-refractivity contribution is -0.145. The Balaban J connectivity index is 2.47. The van der Waals surface area contributed by atoms with Crippen molar-refractivity contribution in [3.05, 3.63) is 0 Å². The Morgan fingerprint density at radius 2 is 2.17 bits per heavy atom. The van der Waals surface area contributed by atoms with Crippen LogP contribution in [-0.4, -0.2) is 23.9 Å². The molecule has 70 valence electrons. The average Bonchev–Trinajstić information content (AvgIpc) is 2.68. The highest BCUT2D eigenvalue weighted by Gasteiger charge is 2.45. The van der Waals surface area contributed by atoms with E-state index in [9.17, 15) is 13.6 Å². The molecule has 0 radical (unpaired) electrons. The molecule has 1 saturated carbocycles. The first-order valence-corrected chi connectivity index (χ1v) is 3.80. The standard InChI is InChI=1S/C7H12F2N2O/c1-6(2-3-6)11-5(12)7(8,9)4-10/h2-4,10H2,1H3,(H,11,12). The van der Waals surface area contributed by atoms with Crippen LogP contribution in [0, 0.1) is 0 Å². The summed E-state index contributed by atoms with van der Waals surface area (Å²) in [4.78, 5) is 10.8. The van der Waals surface area contributed by atoms with Crippen molar-refractivity contribution in [3.8, 4) is 0 Å². The number of hydrogen-bond donors (Lipinski definition) is 2. The van der Waals surface area contributed by atoms with E-state index < -0.39 is 23.9 Å². The van der Waals surface area contributed by atoms with E-state index in [-0.39, 0.29) is 0 Å². The van der Waals surface area contributed by atoms with E-state index in [4.69, 9.17) is 5.73 Å². The third kappa shape index (κ3) is 1.91. The van der Waals surface area contributed by atoms with Gasteiger partial charge in [0.05, 0.1) is 6.54 Å². The van der Waals surface area contributed by atoms with Crippen LogP contribution in [0.3, 0.4) is 0 Å². The highest BCUT2D eigenvalue weighted by molar-refractivity contribution is 5.84. The highest BCUT2D eigenvalue weighted by atomic mass is 19.3. The molecular weight excluding hydrogens is 166 g/mol. The molecule has 1 aliphatic carbocycles. The van der Waals surface area contributed by atoms with E-state index in [1.807, 2.05) is 0 Å². The van der Waals surface area contributed by atoms with Crippen LogP contribution >= 0.6 is 0 Å². The summed E-state index contributed by atoms with van der Waals surface area (Å²) in [6.07, 6.45) is 1.53. The van der Waals surface area contributed by atoms with Gasteiger partial charge < -0.3 is 11.1 Å². The van der Waals surface area contributed by atoms with Gasteiger partial charge in [0.25, 0.3) is 5.91 Å². The molecule has 1 amide bonds. The van der Waals surface area contributed by atoms with Gasteiger partial charge in [-0.25, -0.2) is 0 Å². The average molecular weight is 178 g/mol. The zero-order chi connectivity index (χ0) is 9.41. The van der Waals surface area contributed by atoms with Gasteiger partial charge in [0, 0.05) is 5.54 Å². The van der Waals surface area contributed by atoms with Crippen LogP contribution < -0.4 is 11.1 Å². The molecule has 0 atom stereocenters. The SMILES string of the molecule is CC1(NC(=O)C(F)(F)CN)CC1. The molecule has 0 aliphatic heterocycles. The number of amides is 1. The van der Waals surface area contributed by atoms with Gasteiger partial charge in [-0.2, -0.15) is 8.78 Å². The van der Waals surface area contributed by atoms with Crippen molar-refractivity contribution in [3.63, 3.8) is 0 Å². The second-order valence-corrected chi connectivity index (χ2v) is 3.42. The second-order valence-electron chi connectivity index (χ2n) is 3.42. The van der Waals surface area contributed by atoms with Crippen LogP contribution in [0.4, 0.5) is 8.78 Å². The number of rotatable bonds is 3. The van der Waals surface area contributed by atoms with Gasteiger partial charge in [-0.05, 0) is 19.8 Å². The van der Waals surface area contributed by atoms with E-state index in [1.54, 1.807) is 6.92 Å². The van der Waals surface area contributed by atoms with Crippen molar-refractivity contribution in [1.82, 2.24) is 5.32 Å². The topological polar surface area (TPSA) is 55.1 Å². The summed E-state index contributed by atoms with van der Waals surface area (Å²) in [5, 5.41) is 2.25. The molecule has 0 spiro atoms. The second kappa shape index (κ2) is 2.65. The number of carbonyl (C=O) groups excluding carboxylic acids is 1. The largest absolute Gasteiger partial charge is 0.346 e. The minimum atomic E-state index is -3.42. The molecule has 0 aromatic heterocycles. The molecule has 0 aromatic rings. The van der Waals surface area contributed by atoms with E-state index in [0.29, 0.717) is 0 Å². The van der Waals surface area contributed by atoms with E-state index >= 15 is 0 Å². The number of nitrogens with two attached hydrogens (primary N) is 1. The van der Waals surface area contributed by atoms with Crippen molar-refractivity contribution in [2.75, 3.05) is 6.54 Å². The van der Waals surface area contributed by atoms with E-state index in [2.05, 4.69) is 5.32 Å². The smallest absolute Gasteiger partial charge is 0.336 e. The Labute approximate surface area is 69.3 Å². The Hall–Kier alpha value is -0.710. The minimum Gasteiger partial charge on any atom is -0.346 e. The summed E-state index contributed by atoms with van der Waals surface area (Å²) in [5.74, 6) is -4.68. The van der Waals surface area contributed by atoms with Gasteiger partial charge in [-0.15, -0.1) is 0 Å². The minimum absolute atomic E-state index is 0.407. The van der Waals surface area contributed by atoms with Gasteiger partial charge >= 0.3 is 5.92 Å². The fraction of sp³-hybridized carbons (Fsp3) is 0.857. The van der Waals surface area contributed by atoms with Crippen LogP contribution in [0.25, 0.3) is 0 Å². The summed E-state index contributed by atoms with van der Waals surface area (Å²) in [7, 11) is 0. The van der Waals surface area contributed by atoms with Gasteiger partial charge in [0.1, 0.15) is 0 Å². The third-order valence-corrected chi connectivity index (χ3v) is 2.00. The predicted molar refractivity (Wildman–Crippen MR) is 39.8 cm³/mol. The Morgan fingerprint density at radius 1 is 1.67 bits per heavy atom. The van der Waals surface area contributed by atoms with Crippen LogP contribution in [0.15, 0.2) is 0 Å². The first kappa shape index (κ1) is 9.38. The van der Waals surface area contributed by atoms with Gasteiger partial charge in [-0.3, -0.25) is 4.79 Å². The van der Waals surface area contributed by atoms with Crippen molar-refractivity contribution in [2.24, 2.45) is 5.73 Å². The number of nitrogens with one attached hydrogen (secondary N) is 1. The maximum atomic E-state index is 12.6. The van der Waals surface area contributed by atoms with E-state index in [0.717, 1.165) is 12.8 Å². The lowest BCUT2D eigenvalue weighted by Crippen LogP contribution is -2.49. The fourth-order valence-corrected chi connectivity index (χ4v) is 0.771. The van der Waals surface area contributed by atoms with Crippen molar-refractivity contribution >= 4 is 5.91 Å². The molecule has 0 heterocycles. The monoisotopic (exact) mass is 178 g/mol. The maximum absolute atomic E-state index is 12.6. The van der Waals surface area contributed by atoms with Crippen LogP contribution in [0.5, 0.6) is 0 Å². The number of hydrogen-bond acceptors (Lipinski definition) is 2. The Bertz CT molecular complexity index is 202. The lowest BCUT2D eigenvalue weighted by Gasteiger charge is -2.17. The summed E-state index contributed by atoms with van der Waals surface area (Å²) >= 11 is 0. The van der Waals surface area contributed by atoms with Crippen molar-refractivity contribution < 1.29 is 13.6 Å². The first-order valence-electron chi connectivity index (χ1n) is 3.80. The third-order valence-electron chi connectivity index (χ3n) is 2.00. The van der Waals surface area contributed by atoms with Crippen LogP contribution in [0.1, 0.15) is 19.8 Å². The van der Waals surface area contributed by atoms with Crippen molar-refractivity contribution in [2.45, 2.75) is 31.2 Å². The molecule has 12 heavy (non-hydrogen) atoms. The summed E-state index contributed by atoms with van der Waals surface area (Å²) in [6, 6.07) is 0. The van der Waals surface area contributed by atoms with E-state index in [1.165, 1.54) is 0 Å². The molecule has 0 unspecified atom stereocenters. The van der Waals surface area contributed by atoms with Gasteiger partial charge in [-0.1, -0.05) is 0 Å². The first-order chi connectivity index (χ1) is 5.40. The van der Waals surface area contributed by atoms with Gasteiger partial charge in [0.15, 0.2) is 0 Å². The molecule has 3 nitrogen and oxygen atoms in total. The molecular formula is C7H12F2N2O. The Morgan fingerprint density at radius 3 is 2.50 bits per heavy atom. The quantitative estimate of drug-likeness (QED) is 0.650. The number of carbonyl (C=O) groups is 1. The molecule has 0 bridgehead atoms. The fourth-order valence-electron chi connectivity index (χ4n) is 0.771. The molecule has 1 fully saturated rings. The van der Waals surface area contributed by atoms with Crippen molar-refractivity contribution in [1.29, 1.82) is 0 Å². The molecule has 1 aliphatic rings. The normalized spacial score (nSPS) is 20.3. The van der Waals surface area contributed by atoms with Gasteiger partial charge in [0.2, 0.25) is 0 Å². The summed E-state index contributed by atoms with van der Waals surface area (Å²) in [6.45, 7) is 0.798. The number of halogens is 2. The maximum Gasteiger partial charge on any atom is 0.336 e.